The Bertz CT molecular complexity index is 219. The number of hydrogen-bond donors (Lipinski definition) is 1. The van der Waals surface area contributed by atoms with Crippen molar-refractivity contribution in [2.24, 2.45) is 10.8 Å². The third kappa shape index (κ3) is 2.98. The number of likely N-dealkylation sites (tertiary alicyclic amines) is 1. The minimum Gasteiger partial charge on any atom is -0.302 e. The normalized spacial score (nSPS) is 34.9. The average molecular weight is 224 g/mol. The summed E-state index contributed by atoms with van der Waals surface area (Å²) in [7, 11) is 0. The lowest BCUT2D eigenvalue weighted by Gasteiger charge is -2.47. The van der Waals surface area contributed by atoms with Gasteiger partial charge < -0.3 is 5.32 Å². The minimum absolute atomic E-state index is 0.515. The molecule has 2 heterocycles. The molecule has 0 spiro atoms. The van der Waals surface area contributed by atoms with Gasteiger partial charge in [0.25, 0.3) is 0 Å². The van der Waals surface area contributed by atoms with E-state index in [1.54, 1.807) is 0 Å². The van der Waals surface area contributed by atoms with E-state index in [9.17, 15) is 0 Å². The Labute approximate surface area is 101 Å². The molecule has 0 aromatic rings. The first-order valence-electron chi connectivity index (χ1n) is 6.86. The molecule has 1 N–H and O–H groups in total. The molecule has 0 aliphatic carbocycles. The van der Waals surface area contributed by atoms with Gasteiger partial charge in [-0.15, -0.1) is 0 Å². The predicted molar refractivity (Wildman–Crippen MR) is 69.4 cm³/mol. The summed E-state index contributed by atoms with van der Waals surface area (Å²) < 4.78 is 0. The molecule has 2 heteroatoms. The van der Waals surface area contributed by atoms with Gasteiger partial charge in [0.2, 0.25) is 0 Å². The lowest BCUT2D eigenvalue weighted by Crippen LogP contribution is -2.56. The third-order valence-corrected chi connectivity index (χ3v) is 4.30. The Morgan fingerprint density at radius 2 is 1.81 bits per heavy atom. The van der Waals surface area contributed by atoms with Crippen LogP contribution in [0.3, 0.4) is 0 Å². The standard InChI is InChI=1S/C14H28N2/c1-13(2)7-8-15-12(10-13)16-9-5-6-14(3,4)11-16/h12,15H,5-11H2,1-4H3. The molecule has 16 heavy (non-hydrogen) atoms. The molecule has 0 bridgehead atoms. The second-order valence-electron chi connectivity index (χ2n) is 7.33. The summed E-state index contributed by atoms with van der Waals surface area (Å²) in [5, 5.41) is 3.71. The number of nitrogens with zero attached hydrogens (tertiary/aromatic N) is 1. The molecular weight excluding hydrogens is 196 g/mol. The van der Waals surface area contributed by atoms with Crippen molar-refractivity contribution in [2.45, 2.75) is 59.5 Å². The van der Waals surface area contributed by atoms with Crippen LogP contribution in [0.15, 0.2) is 0 Å². The average Bonchev–Trinajstić information content (AvgIpc) is 2.14. The maximum absolute atomic E-state index is 3.71. The fourth-order valence-corrected chi connectivity index (χ4v) is 3.27. The zero-order chi connectivity index (χ0) is 11.8. The van der Waals surface area contributed by atoms with Gasteiger partial charge in [-0.05, 0) is 49.6 Å². The Balaban J connectivity index is 1.96. The van der Waals surface area contributed by atoms with Crippen LogP contribution in [0.5, 0.6) is 0 Å². The van der Waals surface area contributed by atoms with E-state index >= 15 is 0 Å². The predicted octanol–water partition coefficient (Wildman–Crippen LogP) is 2.84. The van der Waals surface area contributed by atoms with E-state index in [4.69, 9.17) is 0 Å². The number of piperidine rings is 2. The van der Waals surface area contributed by atoms with Gasteiger partial charge in [0, 0.05) is 6.54 Å². The van der Waals surface area contributed by atoms with Crippen LogP contribution >= 0.6 is 0 Å². The van der Waals surface area contributed by atoms with Crippen molar-refractivity contribution < 1.29 is 0 Å². The van der Waals surface area contributed by atoms with Crippen LogP contribution < -0.4 is 5.32 Å². The maximum atomic E-state index is 3.71. The molecule has 0 aromatic carbocycles. The van der Waals surface area contributed by atoms with Gasteiger partial charge in [0.05, 0.1) is 6.17 Å². The summed E-state index contributed by atoms with van der Waals surface area (Å²) in [5.74, 6) is 0. The molecule has 2 aliphatic heterocycles. The highest BCUT2D eigenvalue weighted by Crippen LogP contribution is 2.34. The molecule has 2 saturated heterocycles. The highest BCUT2D eigenvalue weighted by molar-refractivity contribution is 4.88. The van der Waals surface area contributed by atoms with E-state index in [2.05, 4.69) is 37.9 Å². The summed E-state index contributed by atoms with van der Waals surface area (Å²) in [5.41, 5.74) is 1.04. The van der Waals surface area contributed by atoms with Crippen LogP contribution in [0.25, 0.3) is 0 Å². The Hall–Kier alpha value is -0.0800. The fraction of sp³-hybridized carbons (Fsp3) is 1.00. The minimum atomic E-state index is 0.515. The quantitative estimate of drug-likeness (QED) is 0.737. The summed E-state index contributed by atoms with van der Waals surface area (Å²) in [6.45, 7) is 13.4. The third-order valence-electron chi connectivity index (χ3n) is 4.30. The lowest BCUT2D eigenvalue weighted by atomic mass is 9.79. The van der Waals surface area contributed by atoms with Gasteiger partial charge in [0.1, 0.15) is 0 Å². The smallest absolute Gasteiger partial charge is 0.0602 e. The van der Waals surface area contributed by atoms with Gasteiger partial charge in [-0.25, -0.2) is 0 Å². The van der Waals surface area contributed by atoms with E-state index in [-0.39, 0.29) is 0 Å². The SMILES string of the molecule is CC1(C)CCNC(N2CCCC(C)(C)C2)C1. The molecule has 2 nitrogen and oxygen atoms in total. The fourth-order valence-electron chi connectivity index (χ4n) is 3.27. The van der Waals surface area contributed by atoms with Gasteiger partial charge in [-0.3, -0.25) is 4.90 Å². The van der Waals surface area contributed by atoms with Gasteiger partial charge >= 0.3 is 0 Å². The van der Waals surface area contributed by atoms with Crippen molar-refractivity contribution in [3.63, 3.8) is 0 Å². The zero-order valence-electron chi connectivity index (χ0n) is 11.5. The number of nitrogens with one attached hydrogen (secondary N) is 1. The molecule has 1 atom stereocenters. The van der Waals surface area contributed by atoms with E-state index in [1.165, 1.54) is 45.3 Å². The van der Waals surface area contributed by atoms with Crippen LogP contribution in [-0.2, 0) is 0 Å². The Morgan fingerprint density at radius 1 is 1.06 bits per heavy atom. The van der Waals surface area contributed by atoms with Gasteiger partial charge in [-0.1, -0.05) is 27.7 Å². The van der Waals surface area contributed by atoms with E-state index in [0.717, 1.165) is 0 Å². The molecule has 0 saturated carbocycles. The number of hydrogen-bond acceptors (Lipinski definition) is 2. The Kier molecular flexibility index (Phi) is 3.33. The summed E-state index contributed by atoms with van der Waals surface area (Å²) >= 11 is 0. The van der Waals surface area contributed by atoms with Crippen LogP contribution in [0, 0.1) is 10.8 Å². The number of rotatable bonds is 1. The molecule has 2 fully saturated rings. The zero-order valence-corrected chi connectivity index (χ0v) is 11.5. The first-order chi connectivity index (χ1) is 7.38. The summed E-state index contributed by atoms with van der Waals surface area (Å²) in [4.78, 5) is 2.68. The second kappa shape index (κ2) is 4.30. The van der Waals surface area contributed by atoms with Crippen molar-refractivity contribution in [3.05, 3.63) is 0 Å². The molecule has 1 unspecified atom stereocenters. The van der Waals surface area contributed by atoms with E-state index < -0.39 is 0 Å². The summed E-state index contributed by atoms with van der Waals surface area (Å²) in [6, 6.07) is 0. The first-order valence-corrected chi connectivity index (χ1v) is 6.86. The second-order valence-corrected chi connectivity index (χ2v) is 7.33. The Morgan fingerprint density at radius 3 is 2.44 bits per heavy atom. The highest BCUT2D eigenvalue weighted by atomic mass is 15.3. The van der Waals surface area contributed by atoms with Crippen LogP contribution in [0.2, 0.25) is 0 Å². The molecule has 0 amide bonds. The van der Waals surface area contributed by atoms with E-state index in [0.29, 0.717) is 17.0 Å². The molecule has 0 aromatic heterocycles. The van der Waals surface area contributed by atoms with Crippen molar-refractivity contribution in [3.8, 4) is 0 Å². The maximum Gasteiger partial charge on any atom is 0.0602 e. The first kappa shape index (κ1) is 12.4. The van der Waals surface area contributed by atoms with E-state index in [1.807, 2.05) is 0 Å². The lowest BCUT2D eigenvalue weighted by molar-refractivity contribution is 0.0232. The van der Waals surface area contributed by atoms with Crippen molar-refractivity contribution >= 4 is 0 Å². The molecular formula is C14H28N2. The molecule has 2 rings (SSSR count). The largest absolute Gasteiger partial charge is 0.302 e. The van der Waals surface area contributed by atoms with Crippen LogP contribution in [0.1, 0.15) is 53.4 Å². The van der Waals surface area contributed by atoms with Gasteiger partial charge in [-0.2, -0.15) is 0 Å². The highest BCUT2D eigenvalue weighted by Gasteiger charge is 2.35. The van der Waals surface area contributed by atoms with Crippen LogP contribution in [0.4, 0.5) is 0 Å². The summed E-state index contributed by atoms with van der Waals surface area (Å²) in [6.07, 6.45) is 6.01. The van der Waals surface area contributed by atoms with Gasteiger partial charge in [0.15, 0.2) is 0 Å². The molecule has 0 radical (unpaired) electrons. The van der Waals surface area contributed by atoms with Crippen LogP contribution in [-0.4, -0.2) is 30.7 Å². The topological polar surface area (TPSA) is 15.3 Å². The monoisotopic (exact) mass is 224 g/mol. The van der Waals surface area contributed by atoms with Crippen molar-refractivity contribution in [1.29, 1.82) is 0 Å². The van der Waals surface area contributed by atoms with Crippen molar-refractivity contribution in [1.82, 2.24) is 10.2 Å². The molecule has 94 valence electrons. The van der Waals surface area contributed by atoms with Crippen molar-refractivity contribution in [2.75, 3.05) is 19.6 Å². The molecule has 2 aliphatic rings.